The van der Waals surface area contributed by atoms with Crippen molar-refractivity contribution in [3.8, 4) is 5.75 Å². The third kappa shape index (κ3) is 5.33. The summed E-state index contributed by atoms with van der Waals surface area (Å²) < 4.78 is 5.70. The van der Waals surface area contributed by atoms with Gasteiger partial charge >= 0.3 is 5.97 Å². The highest BCUT2D eigenvalue weighted by Crippen LogP contribution is 2.70. The smallest absolute Gasteiger partial charge is 0.330 e. The Morgan fingerprint density at radius 1 is 0.915 bits per heavy atom. The van der Waals surface area contributed by atoms with Crippen LogP contribution in [0, 0.1) is 50.7 Å². The number of ether oxygens (including phenoxy) is 1. The predicted octanol–water partition coefficient (Wildman–Crippen LogP) is 5.20. The van der Waals surface area contributed by atoms with Gasteiger partial charge in [-0.15, -0.1) is 0 Å². The third-order valence-corrected chi connectivity index (χ3v) is 14.3. The third-order valence-electron chi connectivity index (χ3n) is 14.3. The standard InChI is InChI=1S/C39H54O8/c1-35-16-14-30-36(2,17-15-31(44)38(30,4)21-40)29(35)12-11-26-24(19-35)18-27(42)33-37(26,3)20-28(43)34(46)39(33,5)22-47-32(45)13-8-23-6-9-25(41)10-7-23/h6-10,13,18,26,28-31,33-34,40-41,43-44,46H,11-12,14-17,19-22H2,1-5H3/t26-,28+,29-,30+,31+,33+,34+,35-,36+,37+,38+,39+/m0/s1. The maximum atomic E-state index is 14.3. The van der Waals surface area contributed by atoms with E-state index in [0.29, 0.717) is 17.9 Å². The quantitative estimate of drug-likeness (QED) is 0.216. The maximum absolute atomic E-state index is 14.3. The van der Waals surface area contributed by atoms with E-state index in [9.17, 15) is 35.1 Å². The van der Waals surface area contributed by atoms with E-state index in [1.165, 1.54) is 18.2 Å². The Kier molecular flexibility index (Phi) is 8.64. The van der Waals surface area contributed by atoms with Crippen LogP contribution in [-0.2, 0) is 14.3 Å². The summed E-state index contributed by atoms with van der Waals surface area (Å²) in [6.07, 6.45) is 8.21. The molecule has 47 heavy (non-hydrogen) atoms. The molecule has 0 radical (unpaired) electrons. The van der Waals surface area contributed by atoms with E-state index in [2.05, 4.69) is 27.7 Å². The molecule has 0 unspecified atom stereocenters. The highest BCUT2D eigenvalue weighted by atomic mass is 16.5. The van der Waals surface area contributed by atoms with E-state index < -0.39 is 46.4 Å². The lowest BCUT2D eigenvalue weighted by Crippen LogP contribution is -2.64. The Morgan fingerprint density at radius 3 is 2.30 bits per heavy atom. The maximum Gasteiger partial charge on any atom is 0.330 e. The molecule has 8 heteroatoms. The van der Waals surface area contributed by atoms with Gasteiger partial charge in [0.05, 0.1) is 24.9 Å². The number of esters is 1. The van der Waals surface area contributed by atoms with Crippen molar-refractivity contribution >= 4 is 17.8 Å². The van der Waals surface area contributed by atoms with Crippen molar-refractivity contribution in [2.24, 2.45) is 50.7 Å². The van der Waals surface area contributed by atoms with Gasteiger partial charge in [0.25, 0.3) is 0 Å². The Morgan fingerprint density at radius 2 is 1.62 bits per heavy atom. The van der Waals surface area contributed by atoms with E-state index in [1.54, 1.807) is 25.1 Å². The first kappa shape index (κ1) is 34.3. The van der Waals surface area contributed by atoms with Crippen LogP contribution in [0.5, 0.6) is 5.75 Å². The highest BCUT2D eigenvalue weighted by molar-refractivity contribution is 5.95. The number of aromatic hydroxyl groups is 1. The van der Waals surface area contributed by atoms with Crippen molar-refractivity contribution in [3.63, 3.8) is 0 Å². The fourth-order valence-electron chi connectivity index (χ4n) is 12.1. The summed E-state index contributed by atoms with van der Waals surface area (Å²) in [5.41, 5.74) is -0.626. The van der Waals surface area contributed by atoms with Crippen LogP contribution in [0.2, 0.25) is 0 Å². The number of rotatable bonds is 5. The van der Waals surface area contributed by atoms with E-state index in [4.69, 9.17) is 4.74 Å². The second kappa shape index (κ2) is 11.8. The molecule has 12 atom stereocenters. The van der Waals surface area contributed by atoms with Gasteiger partial charge in [0, 0.05) is 22.8 Å². The molecule has 0 heterocycles. The number of aliphatic hydroxyl groups excluding tert-OH is 4. The summed E-state index contributed by atoms with van der Waals surface area (Å²) in [6, 6.07) is 6.39. The van der Waals surface area contributed by atoms with Gasteiger partial charge in [0.1, 0.15) is 12.4 Å². The van der Waals surface area contributed by atoms with Crippen molar-refractivity contribution in [3.05, 3.63) is 47.6 Å². The molecule has 8 nitrogen and oxygen atoms in total. The number of benzene rings is 1. The normalized spacial score (nSPS) is 46.4. The number of carbonyl (C=O) groups excluding carboxylic acids is 2. The molecule has 0 amide bonds. The molecule has 6 rings (SSSR count). The summed E-state index contributed by atoms with van der Waals surface area (Å²) in [4.78, 5) is 27.1. The van der Waals surface area contributed by atoms with Crippen LogP contribution in [0.4, 0.5) is 0 Å². The van der Waals surface area contributed by atoms with Gasteiger partial charge in [-0.1, -0.05) is 52.3 Å². The van der Waals surface area contributed by atoms with Crippen LogP contribution in [0.1, 0.15) is 91.5 Å². The van der Waals surface area contributed by atoms with Gasteiger partial charge in [-0.2, -0.15) is 0 Å². The number of phenolic OH excluding ortho intramolecular Hbond substituents is 1. The number of hydrogen-bond donors (Lipinski definition) is 5. The lowest BCUT2D eigenvalue weighted by molar-refractivity contribution is -0.201. The molecular formula is C39H54O8. The van der Waals surface area contributed by atoms with E-state index in [-0.39, 0.29) is 53.8 Å². The fourth-order valence-corrected chi connectivity index (χ4v) is 12.1. The minimum atomic E-state index is -1.25. The molecule has 1 aromatic rings. The Bertz CT molecular complexity index is 1450. The van der Waals surface area contributed by atoms with Crippen molar-refractivity contribution in [1.82, 2.24) is 0 Å². The fraction of sp³-hybridized carbons (Fsp3) is 0.692. The highest BCUT2D eigenvalue weighted by Gasteiger charge is 2.67. The molecule has 258 valence electrons. The summed E-state index contributed by atoms with van der Waals surface area (Å²) in [5.74, 6) is -0.628. The van der Waals surface area contributed by atoms with Crippen molar-refractivity contribution in [2.75, 3.05) is 13.2 Å². The molecule has 0 spiro atoms. The number of hydrogen-bond acceptors (Lipinski definition) is 8. The molecule has 0 aliphatic heterocycles. The number of aliphatic hydroxyl groups is 4. The lowest BCUT2D eigenvalue weighted by Gasteiger charge is -2.64. The number of fused-ring (bicyclic) bond motifs is 6. The molecule has 1 aromatic carbocycles. The Balaban J connectivity index is 1.28. The van der Waals surface area contributed by atoms with Gasteiger partial charge in [-0.25, -0.2) is 4.79 Å². The number of phenols is 1. The average molecular weight is 651 g/mol. The molecule has 0 bridgehead atoms. The van der Waals surface area contributed by atoms with Crippen molar-refractivity contribution < 1.29 is 39.9 Å². The zero-order chi connectivity index (χ0) is 34.2. The monoisotopic (exact) mass is 650 g/mol. The van der Waals surface area contributed by atoms with Gasteiger partial charge in [0.15, 0.2) is 5.78 Å². The molecule has 4 fully saturated rings. The first-order chi connectivity index (χ1) is 22.0. The van der Waals surface area contributed by atoms with E-state index in [1.807, 2.05) is 6.08 Å². The molecule has 5 N–H and O–H groups in total. The summed E-state index contributed by atoms with van der Waals surface area (Å²) >= 11 is 0. The van der Waals surface area contributed by atoms with Gasteiger partial charge in [-0.3, -0.25) is 4.79 Å². The summed E-state index contributed by atoms with van der Waals surface area (Å²) in [7, 11) is 0. The molecule has 0 aromatic heterocycles. The van der Waals surface area contributed by atoms with Crippen molar-refractivity contribution in [2.45, 2.75) is 104 Å². The summed E-state index contributed by atoms with van der Waals surface area (Å²) in [6.45, 7) is 10.4. The second-order valence-electron chi connectivity index (χ2n) is 17.1. The van der Waals surface area contributed by atoms with Crippen LogP contribution in [0.15, 0.2) is 42.0 Å². The predicted molar refractivity (Wildman–Crippen MR) is 178 cm³/mol. The van der Waals surface area contributed by atoms with Crippen LogP contribution >= 0.6 is 0 Å². The van der Waals surface area contributed by atoms with Crippen LogP contribution in [-0.4, -0.2) is 68.8 Å². The summed E-state index contributed by atoms with van der Waals surface area (Å²) in [5, 5.41) is 53.9. The SMILES string of the molecule is C[C@@]12CC[C@@H]3[C@](C)(CC[C@@H](O)[C@]3(C)CO)[C@H]1CC[C@H]1C(=CC(=O)[C@@H]3[C@]1(C)C[C@@H](O)[C@@H](O)[C@]3(C)COC(=O)C=Cc1ccc(O)cc1)C2. The van der Waals surface area contributed by atoms with Gasteiger partial charge in [0.2, 0.25) is 0 Å². The minimum absolute atomic E-state index is 0.0275. The van der Waals surface area contributed by atoms with Crippen molar-refractivity contribution in [1.29, 1.82) is 0 Å². The number of ketones is 1. The van der Waals surface area contributed by atoms with Crippen LogP contribution < -0.4 is 0 Å². The topological polar surface area (TPSA) is 145 Å². The molecule has 4 saturated carbocycles. The molecule has 5 aliphatic rings. The van der Waals surface area contributed by atoms with Gasteiger partial charge < -0.3 is 30.3 Å². The van der Waals surface area contributed by atoms with E-state index >= 15 is 0 Å². The minimum Gasteiger partial charge on any atom is -0.508 e. The molecular weight excluding hydrogens is 596 g/mol. The Labute approximate surface area is 278 Å². The van der Waals surface area contributed by atoms with Crippen LogP contribution in [0.25, 0.3) is 6.08 Å². The first-order valence-corrected chi connectivity index (χ1v) is 17.5. The Hall–Kier alpha value is -2.52. The number of allylic oxidation sites excluding steroid dienone is 2. The lowest BCUT2D eigenvalue weighted by atomic mass is 9.42. The van der Waals surface area contributed by atoms with Gasteiger partial charge in [-0.05, 0) is 115 Å². The molecule has 0 saturated heterocycles. The van der Waals surface area contributed by atoms with Crippen LogP contribution in [0.3, 0.4) is 0 Å². The zero-order valence-electron chi connectivity index (χ0n) is 28.6. The number of carbonyl (C=O) groups is 2. The second-order valence-corrected chi connectivity index (χ2v) is 17.1. The average Bonchev–Trinajstić information content (AvgIpc) is 3.17. The largest absolute Gasteiger partial charge is 0.508 e. The zero-order valence-corrected chi connectivity index (χ0v) is 28.6. The first-order valence-electron chi connectivity index (χ1n) is 17.5. The van der Waals surface area contributed by atoms with E-state index in [0.717, 1.165) is 44.1 Å². The molecule has 5 aliphatic carbocycles.